The highest BCUT2D eigenvalue weighted by atomic mass is 35.5. The van der Waals surface area contributed by atoms with Gasteiger partial charge in [0.2, 0.25) is 5.82 Å². The number of hydrogen-bond donors (Lipinski definition) is 0. The van der Waals surface area contributed by atoms with Gasteiger partial charge in [-0.05, 0) is 36.8 Å². The summed E-state index contributed by atoms with van der Waals surface area (Å²) < 4.78 is 7.22. The Labute approximate surface area is 192 Å². The fourth-order valence-corrected chi connectivity index (χ4v) is 3.97. The largest absolute Gasteiger partial charge is 0.342 e. The molecule has 3 heterocycles. The van der Waals surface area contributed by atoms with Gasteiger partial charge in [-0.3, -0.25) is 9.78 Å². The zero-order chi connectivity index (χ0) is 22.2. The minimum absolute atomic E-state index is 0.115. The van der Waals surface area contributed by atoms with Gasteiger partial charge in [0, 0.05) is 46.1 Å². The Morgan fingerprint density at radius 2 is 2.00 bits per heavy atom. The molecule has 0 saturated heterocycles. The molecule has 0 amide bonds. The Morgan fingerprint density at radius 3 is 2.78 bits per heavy atom. The number of hydrogen-bond acceptors (Lipinski definition) is 6. The van der Waals surface area contributed by atoms with Crippen molar-refractivity contribution in [2.75, 3.05) is 0 Å². The lowest BCUT2D eigenvalue weighted by atomic mass is 10.1. The first-order chi connectivity index (χ1) is 15.5. The first-order valence-corrected chi connectivity index (χ1v) is 10.4. The number of aryl methyl sites for hydroxylation is 1. The molecule has 7 nitrogen and oxygen atoms in total. The van der Waals surface area contributed by atoms with E-state index >= 15 is 0 Å². The maximum atomic E-state index is 13.3. The highest BCUT2D eigenvalue weighted by molar-refractivity contribution is 6.35. The summed E-state index contributed by atoms with van der Waals surface area (Å²) in [7, 11) is 0. The summed E-state index contributed by atoms with van der Waals surface area (Å²) in [5.74, 6) is -0.283. The second kappa shape index (κ2) is 8.18. The minimum Gasteiger partial charge on any atom is -0.342 e. The normalized spacial score (nSPS) is 11.2. The average molecular weight is 464 g/mol. The summed E-state index contributed by atoms with van der Waals surface area (Å²) in [5.41, 5.74) is 3.68. The lowest BCUT2D eigenvalue weighted by molar-refractivity contribution is 0.0995. The van der Waals surface area contributed by atoms with Gasteiger partial charge in [0.25, 0.3) is 11.7 Å². The number of benzene rings is 2. The monoisotopic (exact) mass is 463 g/mol. The van der Waals surface area contributed by atoms with Gasteiger partial charge in [0.15, 0.2) is 0 Å². The first kappa shape index (κ1) is 20.4. The second-order valence-electron chi connectivity index (χ2n) is 7.27. The van der Waals surface area contributed by atoms with Gasteiger partial charge in [-0.15, -0.1) is 0 Å². The van der Waals surface area contributed by atoms with Crippen LogP contribution in [0.1, 0.15) is 27.4 Å². The second-order valence-corrected chi connectivity index (χ2v) is 8.11. The Balaban J connectivity index is 1.56. The van der Waals surface area contributed by atoms with E-state index < -0.39 is 0 Å². The summed E-state index contributed by atoms with van der Waals surface area (Å²) in [6.07, 6.45) is 6.35. The smallest absolute Gasteiger partial charge is 0.299 e. The summed E-state index contributed by atoms with van der Waals surface area (Å²) in [6, 6.07) is 11.3. The van der Waals surface area contributed by atoms with Crippen LogP contribution in [0, 0.1) is 6.92 Å². The van der Waals surface area contributed by atoms with Crippen molar-refractivity contribution in [1.29, 1.82) is 0 Å². The highest BCUT2D eigenvalue weighted by Gasteiger charge is 2.23. The molecule has 0 saturated carbocycles. The Morgan fingerprint density at radius 1 is 1.12 bits per heavy atom. The van der Waals surface area contributed by atoms with Gasteiger partial charge < -0.3 is 9.09 Å². The molecule has 0 aliphatic rings. The van der Waals surface area contributed by atoms with Gasteiger partial charge in [-0.2, -0.15) is 4.98 Å². The zero-order valence-electron chi connectivity index (χ0n) is 16.8. The topological polar surface area (TPSA) is 86.7 Å². The molecular weight excluding hydrogens is 449 g/mol. The van der Waals surface area contributed by atoms with Crippen molar-refractivity contribution in [1.82, 2.24) is 24.7 Å². The predicted octanol–water partition coefficient (Wildman–Crippen LogP) is 5.38. The number of rotatable bonds is 5. The van der Waals surface area contributed by atoms with Gasteiger partial charge in [0.05, 0.1) is 11.8 Å². The van der Waals surface area contributed by atoms with Crippen LogP contribution in [0.15, 0.2) is 65.7 Å². The standard InChI is InChI=1S/C23H15Cl2N5O2/c1-13-2-5-20-16(8-13)17(12-30(20)11-14-3-4-15(24)9-18(14)25)21(31)23-28-22(29-32-23)19-10-26-6-7-27-19/h2-10,12H,11H2,1H3. The van der Waals surface area contributed by atoms with Crippen LogP contribution in [0.3, 0.4) is 0 Å². The average Bonchev–Trinajstić information content (AvgIpc) is 3.41. The van der Waals surface area contributed by atoms with Gasteiger partial charge in [-0.1, -0.05) is 46.1 Å². The van der Waals surface area contributed by atoms with E-state index in [4.69, 9.17) is 27.7 Å². The van der Waals surface area contributed by atoms with E-state index in [0.717, 1.165) is 22.0 Å². The van der Waals surface area contributed by atoms with Crippen molar-refractivity contribution < 1.29 is 9.32 Å². The number of halogens is 2. The minimum atomic E-state index is -0.371. The van der Waals surface area contributed by atoms with Crippen molar-refractivity contribution in [2.24, 2.45) is 0 Å². The summed E-state index contributed by atoms with van der Waals surface area (Å²) in [5, 5.41) is 5.80. The van der Waals surface area contributed by atoms with Crippen molar-refractivity contribution in [3.8, 4) is 11.5 Å². The third kappa shape index (κ3) is 3.77. The van der Waals surface area contributed by atoms with Crippen LogP contribution >= 0.6 is 23.2 Å². The summed E-state index contributed by atoms with van der Waals surface area (Å²) in [4.78, 5) is 25.7. The quantitative estimate of drug-likeness (QED) is 0.325. The molecule has 0 radical (unpaired) electrons. The summed E-state index contributed by atoms with van der Waals surface area (Å²) in [6.45, 7) is 2.44. The fraction of sp³-hybridized carbons (Fsp3) is 0.0870. The molecule has 9 heteroatoms. The third-order valence-electron chi connectivity index (χ3n) is 5.05. The molecule has 0 aliphatic carbocycles. The van der Waals surface area contributed by atoms with Crippen LogP contribution < -0.4 is 0 Å². The maximum absolute atomic E-state index is 13.3. The molecule has 5 aromatic rings. The molecule has 0 fully saturated rings. The van der Waals surface area contributed by atoms with E-state index in [-0.39, 0.29) is 17.5 Å². The van der Waals surface area contributed by atoms with Crippen molar-refractivity contribution in [3.05, 3.63) is 93.8 Å². The van der Waals surface area contributed by atoms with Crippen LogP contribution in [0.5, 0.6) is 0 Å². The molecule has 0 unspecified atom stereocenters. The van der Waals surface area contributed by atoms with Crippen molar-refractivity contribution in [3.63, 3.8) is 0 Å². The van der Waals surface area contributed by atoms with Crippen LogP contribution in [-0.2, 0) is 6.54 Å². The molecule has 2 aromatic carbocycles. The van der Waals surface area contributed by atoms with Crippen LogP contribution in [0.25, 0.3) is 22.4 Å². The van der Waals surface area contributed by atoms with E-state index in [1.165, 1.54) is 12.4 Å². The Kier molecular flexibility index (Phi) is 5.20. The van der Waals surface area contributed by atoms with E-state index in [0.29, 0.717) is 27.8 Å². The molecule has 5 rings (SSSR count). The van der Waals surface area contributed by atoms with E-state index in [9.17, 15) is 4.79 Å². The number of carbonyl (C=O) groups is 1. The molecule has 0 bridgehead atoms. The highest BCUT2D eigenvalue weighted by Crippen LogP contribution is 2.28. The summed E-state index contributed by atoms with van der Waals surface area (Å²) >= 11 is 12.4. The van der Waals surface area contributed by atoms with Crippen LogP contribution in [0.4, 0.5) is 0 Å². The predicted molar refractivity (Wildman–Crippen MR) is 121 cm³/mol. The SMILES string of the molecule is Cc1ccc2c(c1)c(C(=O)c1nc(-c3cnccn3)no1)cn2Cc1ccc(Cl)cc1Cl. The number of nitrogens with zero attached hydrogens (tertiary/aromatic N) is 5. The van der Waals surface area contributed by atoms with E-state index in [1.807, 2.05) is 35.8 Å². The first-order valence-electron chi connectivity index (χ1n) is 9.68. The van der Waals surface area contributed by atoms with E-state index in [2.05, 4.69) is 20.1 Å². The number of aromatic nitrogens is 5. The molecule has 3 aromatic heterocycles. The molecule has 0 N–H and O–H groups in total. The number of carbonyl (C=O) groups excluding carboxylic acids is 1. The molecular formula is C23H15Cl2N5O2. The molecule has 158 valence electrons. The number of ketones is 1. The van der Waals surface area contributed by atoms with Crippen molar-refractivity contribution in [2.45, 2.75) is 13.5 Å². The fourth-order valence-electron chi connectivity index (χ4n) is 3.51. The third-order valence-corrected chi connectivity index (χ3v) is 5.64. The lowest BCUT2D eigenvalue weighted by Gasteiger charge is -2.08. The molecule has 0 spiro atoms. The van der Waals surface area contributed by atoms with Gasteiger partial charge >= 0.3 is 0 Å². The molecule has 0 aliphatic heterocycles. The Bertz CT molecular complexity index is 1460. The maximum Gasteiger partial charge on any atom is 0.299 e. The number of fused-ring (bicyclic) bond motifs is 1. The van der Waals surface area contributed by atoms with E-state index in [1.54, 1.807) is 24.5 Å². The molecule has 0 atom stereocenters. The van der Waals surface area contributed by atoms with Crippen LogP contribution in [-0.4, -0.2) is 30.5 Å². The Hall–Kier alpha value is -3.55. The van der Waals surface area contributed by atoms with Gasteiger partial charge in [-0.25, -0.2) is 4.98 Å². The van der Waals surface area contributed by atoms with Crippen LogP contribution in [0.2, 0.25) is 10.0 Å². The zero-order valence-corrected chi connectivity index (χ0v) is 18.3. The lowest BCUT2D eigenvalue weighted by Crippen LogP contribution is -2.02. The molecule has 32 heavy (non-hydrogen) atoms. The van der Waals surface area contributed by atoms with Crippen molar-refractivity contribution >= 4 is 39.9 Å². The van der Waals surface area contributed by atoms with Gasteiger partial charge in [0.1, 0.15) is 5.69 Å².